The quantitative estimate of drug-likeness (QED) is 0.681. The summed E-state index contributed by atoms with van der Waals surface area (Å²) >= 11 is 1.64. The van der Waals surface area contributed by atoms with E-state index in [1.54, 1.807) is 11.3 Å². The van der Waals surface area contributed by atoms with E-state index >= 15 is 0 Å². The Morgan fingerprint density at radius 3 is 2.74 bits per heavy atom. The van der Waals surface area contributed by atoms with Crippen molar-refractivity contribution < 1.29 is 9.53 Å². The van der Waals surface area contributed by atoms with Crippen LogP contribution < -0.4 is 5.73 Å². The number of carbonyl (C=O) groups excluding carboxylic acids is 1. The second kappa shape index (κ2) is 6.48. The fourth-order valence-corrected chi connectivity index (χ4v) is 3.58. The minimum atomic E-state index is -0.245. The number of esters is 1. The van der Waals surface area contributed by atoms with Gasteiger partial charge in [-0.1, -0.05) is 25.7 Å². The molecular formula is C14H22N2O2S. The minimum absolute atomic E-state index is 0.188. The molecule has 1 saturated carbocycles. The van der Waals surface area contributed by atoms with Gasteiger partial charge >= 0.3 is 5.97 Å². The molecule has 1 heterocycles. The van der Waals surface area contributed by atoms with Gasteiger partial charge in [0.05, 0.1) is 24.8 Å². The van der Waals surface area contributed by atoms with Gasteiger partial charge in [-0.15, -0.1) is 11.3 Å². The highest BCUT2D eigenvalue weighted by atomic mass is 32.1. The van der Waals surface area contributed by atoms with Crippen molar-refractivity contribution in [1.82, 2.24) is 4.98 Å². The number of aromatic nitrogens is 1. The van der Waals surface area contributed by atoms with E-state index in [-0.39, 0.29) is 11.5 Å². The van der Waals surface area contributed by atoms with Gasteiger partial charge < -0.3 is 10.5 Å². The molecule has 1 aromatic heterocycles. The van der Waals surface area contributed by atoms with Crippen molar-refractivity contribution in [2.75, 3.05) is 7.11 Å². The van der Waals surface area contributed by atoms with Crippen LogP contribution in [0, 0.1) is 0 Å². The fourth-order valence-electron chi connectivity index (χ4n) is 2.56. The third-order valence-electron chi connectivity index (χ3n) is 3.79. The minimum Gasteiger partial charge on any atom is -0.469 e. The van der Waals surface area contributed by atoms with E-state index in [2.05, 4.69) is 9.72 Å². The van der Waals surface area contributed by atoms with E-state index in [4.69, 9.17) is 5.73 Å². The van der Waals surface area contributed by atoms with Crippen LogP contribution in [0.25, 0.3) is 0 Å². The van der Waals surface area contributed by atoms with Crippen LogP contribution >= 0.6 is 11.3 Å². The van der Waals surface area contributed by atoms with E-state index in [0.717, 1.165) is 23.5 Å². The van der Waals surface area contributed by atoms with E-state index < -0.39 is 0 Å². The van der Waals surface area contributed by atoms with Crippen molar-refractivity contribution in [3.05, 3.63) is 16.1 Å². The summed E-state index contributed by atoms with van der Waals surface area (Å²) in [6.07, 6.45) is 8.00. The molecule has 1 aliphatic carbocycles. The largest absolute Gasteiger partial charge is 0.469 e. The molecule has 2 N–H and O–H groups in total. The lowest BCUT2D eigenvalue weighted by Gasteiger charge is -2.25. The van der Waals surface area contributed by atoms with Crippen LogP contribution in [0.5, 0.6) is 0 Å². The Labute approximate surface area is 118 Å². The molecule has 0 saturated heterocycles. The molecule has 2 rings (SSSR count). The zero-order valence-corrected chi connectivity index (χ0v) is 12.3. The van der Waals surface area contributed by atoms with E-state index in [1.165, 1.54) is 32.8 Å². The summed E-state index contributed by atoms with van der Waals surface area (Å²) in [6.45, 7) is 0. The molecule has 0 aromatic carbocycles. The smallest absolute Gasteiger partial charge is 0.305 e. The highest BCUT2D eigenvalue weighted by molar-refractivity contribution is 7.09. The number of carbonyl (C=O) groups is 1. The van der Waals surface area contributed by atoms with Gasteiger partial charge in [0, 0.05) is 11.8 Å². The normalized spacial score (nSPS) is 18.8. The van der Waals surface area contributed by atoms with Crippen molar-refractivity contribution in [3.63, 3.8) is 0 Å². The molecule has 0 aliphatic heterocycles. The van der Waals surface area contributed by atoms with Crippen molar-refractivity contribution in [2.24, 2.45) is 5.73 Å². The lowest BCUT2D eigenvalue weighted by molar-refractivity contribution is -0.140. The Balaban J connectivity index is 2.00. The number of rotatable bonds is 4. The van der Waals surface area contributed by atoms with Gasteiger partial charge in [-0.05, 0) is 12.8 Å². The van der Waals surface area contributed by atoms with Crippen LogP contribution in [0.4, 0.5) is 0 Å². The average molecular weight is 282 g/mol. The Morgan fingerprint density at radius 2 is 2.11 bits per heavy atom. The van der Waals surface area contributed by atoms with Gasteiger partial charge in [-0.25, -0.2) is 4.98 Å². The third-order valence-corrected chi connectivity index (χ3v) is 4.90. The molecule has 5 heteroatoms. The zero-order valence-electron chi connectivity index (χ0n) is 11.5. The Morgan fingerprint density at radius 1 is 1.42 bits per heavy atom. The number of aryl methyl sites for hydroxylation is 1. The van der Waals surface area contributed by atoms with E-state index in [1.807, 2.05) is 5.38 Å². The number of thiazole rings is 1. The SMILES string of the molecule is COC(=O)CCc1csc(C2(N)CCCCCC2)n1. The molecule has 1 aromatic rings. The molecule has 4 nitrogen and oxygen atoms in total. The third kappa shape index (κ3) is 3.76. The van der Waals surface area contributed by atoms with Crippen molar-refractivity contribution >= 4 is 17.3 Å². The van der Waals surface area contributed by atoms with Gasteiger partial charge in [0.15, 0.2) is 0 Å². The van der Waals surface area contributed by atoms with E-state index in [0.29, 0.717) is 12.8 Å². The molecule has 0 unspecified atom stereocenters. The second-order valence-electron chi connectivity index (χ2n) is 5.29. The first-order chi connectivity index (χ1) is 9.14. The standard InChI is InChI=1S/C14H22N2O2S/c1-18-12(17)7-6-11-10-19-13(16-11)14(15)8-4-2-3-5-9-14/h10H,2-9,15H2,1H3. The molecule has 0 spiro atoms. The summed E-state index contributed by atoms with van der Waals surface area (Å²) < 4.78 is 4.64. The first kappa shape index (κ1) is 14.5. The fraction of sp³-hybridized carbons (Fsp3) is 0.714. The van der Waals surface area contributed by atoms with Crippen molar-refractivity contribution in [2.45, 2.75) is 56.9 Å². The molecule has 0 amide bonds. The monoisotopic (exact) mass is 282 g/mol. The summed E-state index contributed by atoms with van der Waals surface area (Å²) in [4.78, 5) is 15.8. The van der Waals surface area contributed by atoms with Gasteiger partial charge in [-0.3, -0.25) is 4.79 Å². The average Bonchev–Trinajstić information content (AvgIpc) is 2.79. The number of methoxy groups -OCH3 is 1. The van der Waals surface area contributed by atoms with Gasteiger partial charge in [0.1, 0.15) is 5.01 Å². The summed E-state index contributed by atoms with van der Waals surface area (Å²) in [5, 5.41) is 3.06. The summed E-state index contributed by atoms with van der Waals surface area (Å²) in [7, 11) is 1.41. The van der Waals surface area contributed by atoms with Crippen LogP contribution in [-0.2, 0) is 21.5 Å². The summed E-state index contributed by atoms with van der Waals surface area (Å²) in [5.74, 6) is -0.188. The number of nitrogens with two attached hydrogens (primary N) is 1. The summed E-state index contributed by atoms with van der Waals surface area (Å²) in [6, 6.07) is 0. The Hall–Kier alpha value is -0.940. The van der Waals surface area contributed by atoms with Crippen LogP contribution in [0.2, 0.25) is 0 Å². The maximum Gasteiger partial charge on any atom is 0.305 e. The first-order valence-electron chi connectivity index (χ1n) is 6.95. The second-order valence-corrected chi connectivity index (χ2v) is 6.15. The molecule has 0 radical (unpaired) electrons. The number of nitrogens with zero attached hydrogens (tertiary/aromatic N) is 1. The predicted octanol–water partition coefficient (Wildman–Crippen LogP) is 2.76. The van der Waals surface area contributed by atoms with Gasteiger partial charge in [0.25, 0.3) is 0 Å². The molecular weight excluding hydrogens is 260 g/mol. The lowest BCUT2D eigenvalue weighted by atomic mass is 9.92. The molecule has 0 bridgehead atoms. The van der Waals surface area contributed by atoms with Crippen molar-refractivity contribution in [3.8, 4) is 0 Å². The Bertz CT molecular complexity index is 423. The maximum atomic E-state index is 11.1. The highest BCUT2D eigenvalue weighted by Gasteiger charge is 2.31. The zero-order chi connectivity index (χ0) is 13.7. The molecule has 1 aliphatic rings. The predicted molar refractivity (Wildman–Crippen MR) is 76.0 cm³/mol. The topological polar surface area (TPSA) is 65.2 Å². The van der Waals surface area contributed by atoms with Crippen LogP contribution in [0.15, 0.2) is 5.38 Å². The highest BCUT2D eigenvalue weighted by Crippen LogP contribution is 2.35. The van der Waals surface area contributed by atoms with E-state index in [9.17, 15) is 4.79 Å². The van der Waals surface area contributed by atoms with Gasteiger partial charge in [0.2, 0.25) is 0 Å². The molecule has 106 valence electrons. The number of hydrogen-bond donors (Lipinski definition) is 1. The van der Waals surface area contributed by atoms with Crippen LogP contribution in [0.3, 0.4) is 0 Å². The number of ether oxygens (including phenoxy) is 1. The van der Waals surface area contributed by atoms with Crippen LogP contribution in [-0.4, -0.2) is 18.1 Å². The van der Waals surface area contributed by atoms with Crippen LogP contribution in [0.1, 0.15) is 55.6 Å². The van der Waals surface area contributed by atoms with Gasteiger partial charge in [-0.2, -0.15) is 0 Å². The van der Waals surface area contributed by atoms with Crippen molar-refractivity contribution in [1.29, 1.82) is 0 Å². The molecule has 1 fully saturated rings. The summed E-state index contributed by atoms with van der Waals surface area (Å²) in [5.41, 5.74) is 7.24. The maximum absolute atomic E-state index is 11.1. The first-order valence-corrected chi connectivity index (χ1v) is 7.82. The number of hydrogen-bond acceptors (Lipinski definition) is 5. The molecule has 19 heavy (non-hydrogen) atoms. The molecule has 0 atom stereocenters. The Kier molecular flexibility index (Phi) is 4.93. The lowest BCUT2D eigenvalue weighted by Crippen LogP contribution is -2.35.